The molecule has 0 saturated carbocycles. The normalized spacial score (nSPS) is 12.2. The van der Waals surface area contributed by atoms with Crippen LogP contribution in [-0.2, 0) is 13.5 Å². The van der Waals surface area contributed by atoms with E-state index in [0.29, 0.717) is 11.5 Å². The average molecular weight is 290 g/mol. The van der Waals surface area contributed by atoms with E-state index in [4.69, 9.17) is 15.3 Å². The van der Waals surface area contributed by atoms with Gasteiger partial charge in [-0.3, -0.25) is 16.0 Å². The second-order valence-corrected chi connectivity index (χ2v) is 4.82. The van der Waals surface area contributed by atoms with E-state index in [1.54, 1.807) is 20.4 Å². The van der Waals surface area contributed by atoms with E-state index < -0.39 is 0 Å². The molecule has 1 aromatic carbocycles. The molecule has 0 fully saturated rings. The molecule has 0 bridgehead atoms. The van der Waals surface area contributed by atoms with Crippen molar-refractivity contribution in [2.75, 3.05) is 14.2 Å². The van der Waals surface area contributed by atoms with Gasteiger partial charge in [0.25, 0.3) is 0 Å². The van der Waals surface area contributed by atoms with Gasteiger partial charge in [-0.1, -0.05) is 6.07 Å². The van der Waals surface area contributed by atoms with Crippen molar-refractivity contribution in [3.63, 3.8) is 0 Å². The van der Waals surface area contributed by atoms with Crippen molar-refractivity contribution < 1.29 is 9.47 Å². The molecule has 6 heteroatoms. The van der Waals surface area contributed by atoms with Gasteiger partial charge in [0, 0.05) is 25.0 Å². The summed E-state index contributed by atoms with van der Waals surface area (Å²) < 4.78 is 12.5. The quantitative estimate of drug-likeness (QED) is 0.598. The summed E-state index contributed by atoms with van der Waals surface area (Å²) in [5, 5.41) is 4.17. The number of ether oxygens (including phenoxy) is 2. The number of nitrogens with zero attached hydrogens (tertiary/aromatic N) is 2. The van der Waals surface area contributed by atoms with Crippen LogP contribution < -0.4 is 20.7 Å². The molecule has 2 rings (SSSR count). The number of hydrogen-bond donors (Lipinski definition) is 2. The summed E-state index contributed by atoms with van der Waals surface area (Å²) >= 11 is 0. The van der Waals surface area contributed by atoms with Crippen molar-refractivity contribution in [2.24, 2.45) is 12.9 Å². The maximum atomic E-state index is 5.70. The van der Waals surface area contributed by atoms with Crippen LogP contribution in [0.5, 0.6) is 11.5 Å². The fraction of sp³-hybridized carbons (Fsp3) is 0.400. The number of aromatic nitrogens is 2. The van der Waals surface area contributed by atoms with Crippen LogP contribution >= 0.6 is 0 Å². The van der Waals surface area contributed by atoms with Gasteiger partial charge in [-0.25, -0.2) is 0 Å². The van der Waals surface area contributed by atoms with Gasteiger partial charge in [0.1, 0.15) is 0 Å². The highest BCUT2D eigenvalue weighted by Gasteiger charge is 2.14. The highest BCUT2D eigenvalue weighted by Crippen LogP contribution is 2.31. The summed E-state index contributed by atoms with van der Waals surface area (Å²) in [5.74, 6) is 7.12. The molecule has 1 unspecified atom stereocenters. The minimum Gasteiger partial charge on any atom is -0.493 e. The average Bonchev–Trinajstić information content (AvgIpc) is 2.93. The molecule has 0 saturated heterocycles. The van der Waals surface area contributed by atoms with Crippen LogP contribution in [0.25, 0.3) is 0 Å². The van der Waals surface area contributed by atoms with Crippen LogP contribution in [-0.4, -0.2) is 24.0 Å². The standard InChI is InChI=1S/C15H22N4O2/c1-19-12(8-9-17-19)5-6-13(18-16)11-4-7-14(20-2)15(10-11)21-3/h4,7-10,13,18H,5-6,16H2,1-3H3. The Bertz CT molecular complexity index is 583. The van der Waals surface area contributed by atoms with Crippen LogP contribution in [0.15, 0.2) is 30.5 Å². The maximum Gasteiger partial charge on any atom is 0.161 e. The van der Waals surface area contributed by atoms with Gasteiger partial charge < -0.3 is 9.47 Å². The molecule has 3 N–H and O–H groups in total. The topological polar surface area (TPSA) is 74.3 Å². The van der Waals surface area contributed by atoms with Gasteiger partial charge in [-0.2, -0.15) is 5.10 Å². The lowest BCUT2D eigenvalue weighted by Crippen LogP contribution is -2.28. The Morgan fingerprint density at radius 3 is 2.57 bits per heavy atom. The molecule has 1 aromatic heterocycles. The monoisotopic (exact) mass is 290 g/mol. The molecule has 2 aromatic rings. The van der Waals surface area contributed by atoms with Crippen LogP contribution in [0.4, 0.5) is 0 Å². The maximum absolute atomic E-state index is 5.70. The third-order valence-corrected chi connectivity index (χ3v) is 3.62. The second-order valence-electron chi connectivity index (χ2n) is 4.82. The number of nitrogens with two attached hydrogens (primary N) is 1. The van der Waals surface area contributed by atoms with Crippen LogP contribution in [0.3, 0.4) is 0 Å². The Hall–Kier alpha value is -2.05. The lowest BCUT2D eigenvalue weighted by molar-refractivity contribution is 0.353. The van der Waals surface area contributed by atoms with E-state index >= 15 is 0 Å². The molecular weight excluding hydrogens is 268 g/mol. The minimum atomic E-state index is 0.0414. The predicted molar refractivity (Wildman–Crippen MR) is 81.1 cm³/mol. The molecule has 1 heterocycles. The summed E-state index contributed by atoms with van der Waals surface area (Å²) in [6.07, 6.45) is 3.56. The Morgan fingerprint density at radius 1 is 1.24 bits per heavy atom. The SMILES string of the molecule is COc1ccc(C(CCc2ccnn2C)NN)cc1OC. The molecule has 0 spiro atoms. The number of aryl methyl sites for hydroxylation is 2. The first-order chi connectivity index (χ1) is 10.2. The molecule has 21 heavy (non-hydrogen) atoms. The lowest BCUT2D eigenvalue weighted by Gasteiger charge is -2.18. The first kappa shape index (κ1) is 15.3. The zero-order chi connectivity index (χ0) is 15.2. The molecular formula is C15H22N4O2. The molecule has 0 aliphatic carbocycles. The fourth-order valence-corrected chi connectivity index (χ4v) is 2.35. The van der Waals surface area contributed by atoms with E-state index in [2.05, 4.69) is 10.5 Å². The van der Waals surface area contributed by atoms with Crippen molar-refractivity contribution >= 4 is 0 Å². The predicted octanol–water partition coefficient (Wildman–Crippen LogP) is 1.57. The smallest absolute Gasteiger partial charge is 0.161 e. The Kier molecular flexibility index (Phi) is 5.19. The molecule has 0 amide bonds. The molecule has 0 aliphatic rings. The number of nitrogens with one attached hydrogen (secondary N) is 1. The molecule has 0 aliphatic heterocycles. The van der Waals surface area contributed by atoms with Gasteiger partial charge in [0.05, 0.1) is 14.2 Å². The summed E-state index contributed by atoms with van der Waals surface area (Å²) in [6, 6.07) is 7.90. The van der Waals surface area contributed by atoms with Gasteiger partial charge in [-0.05, 0) is 36.6 Å². The number of methoxy groups -OCH3 is 2. The highest BCUT2D eigenvalue weighted by molar-refractivity contribution is 5.43. The summed E-state index contributed by atoms with van der Waals surface area (Å²) in [7, 11) is 5.19. The van der Waals surface area contributed by atoms with E-state index in [9.17, 15) is 0 Å². The van der Waals surface area contributed by atoms with Crippen LogP contribution in [0.1, 0.15) is 23.7 Å². The van der Waals surface area contributed by atoms with E-state index in [1.165, 1.54) is 5.69 Å². The summed E-state index contributed by atoms with van der Waals surface area (Å²) in [5.41, 5.74) is 5.11. The largest absolute Gasteiger partial charge is 0.493 e. The van der Waals surface area contributed by atoms with Crippen molar-refractivity contribution in [1.82, 2.24) is 15.2 Å². The Morgan fingerprint density at radius 2 is 2.00 bits per heavy atom. The fourth-order valence-electron chi connectivity index (χ4n) is 2.35. The van der Waals surface area contributed by atoms with Gasteiger partial charge in [-0.15, -0.1) is 0 Å². The third-order valence-electron chi connectivity index (χ3n) is 3.62. The number of rotatable bonds is 7. The molecule has 114 valence electrons. The molecule has 6 nitrogen and oxygen atoms in total. The van der Waals surface area contributed by atoms with E-state index in [-0.39, 0.29) is 6.04 Å². The summed E-state index contributed by atoms with van der Waals surface area (Å²) in [4.78, 5) is 0. The van der Waals surface area contributed by atoms with Gasteiger partial charge >= 0.3 is 0 Å². The number of benzene rings is 1. The van der Waals surface area contributed by atoms with Gasteiger partial charge in [0.2, 0.25) is 0 Å². The first-order valence-corrected chi connectivity index (χ1v) is 6.84. The Labute approximate surface area is 124 Å². The van der Waals surface area contributed by atoms with Crippen molar-refractivity contribution in [3.05, 3.63) is 41.7 Å². The van der Waals surface area contributed by atoms with E-state index in [1.807, 2.05) is 36.0 Å². The number of hydrazine groups is 1. The number of hydrogen-bond acceptors (Lipinski definition) is 5. The van der Waals surface area contributed by atoms with Crippen LogP contribution in [0.2, 0.25) is 0 Å². The molecule has 1 atom stereocenters. The van der Waals surface area contributed by atoms with Gasteiger partial charge in [0.15, 0.2) is 11.5 Å². The third kappa shape index (κ3) is 3.53. The van der Waals surface area contributed by atoms with Crippen molar-refractivity contribution in [1.29, 1.82) is 0 Å². The van der Waals surface area contributed by atoms with Crippen molar-refractivity contribution in [3.8, 4) is 11.5 Å². The minimum absolute atomic E-state index is 0.0414. The first-order valence-electron chi connectivity index (χ1n) is 6.84. The Balaban J connectivity index is 2.12. The van der Waals surface area contributed by atoms with E-state index in [0.717, 1.165) is 18.4 Å². The highest BCUT2D eigenvalue weighted by atomic mass is 16.5. The zero-order valence-corrected chi connectivity index (χ0v) is 12.7. The zero-order valence-electron chi connectivity index (χ0n) is 12.7. The molecule has 0 radical (unpaired) electrons. The summed E-state index contributed by atoms with van der Waals surface area (Å²) in [6.45, 7) is 0. The van der Waals surface area contributed by atoms with Crippen molar-refractivity contribution in [2.45, 2.75) is 18.9 Å². The van der Waals surface area contributed by atoms with Crippen LogP contribution in [0, 0.1) is 0 Å². The second kappa shape index (κ2) is 7.10. The lowest BCUT2D eigenvalue weighted by atomic mass is 10.0.